The van der Waals surface area contributed by atoms with Crippen molar-refractivity contribution in [2.45, 2.75) is 19.3 Å². The minimum Gasteiger partial charge on any atom is -0.493 e. The zero-order valence-corrected chi connectivity index (χ0v) is 17.5. The van der Waals surface area contributed by atoms with Crippen LogP contribution >= 0.6 is 0 Å². The first-order valence-electron chi connectivity index (χ1n) is 10.4. The summed E-state index contributed by atoms with van der Waals surface area (Å²) in [5.41, 5.74) is 2.89. The molecule has 1 aliphatic carbocycles. The van der Waals surface area contributed by atoms with Gasteiger partial charge in [-0.2, -0.15) is 5.26 Å². The molecule has 2 aromatic carbocycles. The molecular formula is C23H21N7O2. The molecule has 0 aliphatic heterocycles. The Kier molecular flexibility index (Phi) is 5.03. The number of carbonyl (C=O) groups excluding carboxylic acids is 1. The summed E-state index contributed by atoms with van der Waals surface area (Å²) in [6.45, 7) is 0.737. The van der Waals surface area contributed by atoms with Gasteiger partial charge in [-0.25, -0.2) is 5.10 Å². The number of anilines is 1. The highest BCUT2D eigenvalue weighted by Crippen LogP contribution is 2.30. The number of aromatic amines is 1. The van der Waals surface area contributed by atoms with Gasteiger partial charge >= 0.3 is 0 Å². The summed E-state index contributed by atoms with van der Waals surface area (Å²) < 4.78 is 7.80. The predicted octanol–water partition coefficient (Wildman–Crippen LogP) is 3.66. The van der Waals surface area contributed by atoms with E-state index in [1.165, 1.54) is 19.3 Å². The quantitative estimate of drug-likeness (QED) is 0.484. The molecule has 1 saturated carbocycles. The number of amides is 1. The van der Waals surface area contributed by atoms with Crippen molar-refractivity contribution in [3.63, 3.8) is 0 Å². The van der Waals surface area contributed by atoms with E-state index in [-0.39, 0.29) is 5.91 Å². The number of H-pyrrole nitrogens is 1. The van der Waals surface area contributed by atoms with Crippen molar-refractivity contribution >= 4 is 22.5 Å². The first-order chi connectivity index (χ1) is 15.6. The van der Waals surface area contributed by atoms with Gasteiger partial charge in [0, 0.05) is 24.1 Å². The number of aromatic nitrogens is 5. The fraction of sp³-hybridized carbons (Fsp3) is 0.261. The SMILES string of the molecule is Cn1c(C(=O)Nc2ccc(C#N)cc2-c2nnn[nH]2)cc2ccc(OCC3CCC3)cc21. The fourth-order valence-corrected chi connectivity index (χ4v) is 3.87. The summed E-state index contributed by atoms with van der Waals surface area (Å²) in [6, 6.07) is 14.7. The number of rotatable bonds is 6. The molecule has 32 heavy (non-hydrogen) atoms. The molecule has 0 radical (unpaired) electrons. The molecular weight excluding hydrogens is 406 g/mol. The number of hydrogen-bond acceptors (Lipinski definition) is 6. The van der Waals surface area contributed by atoms with Crippen molar-refractivity contribution in [2.75, 3.05) is 11.9 Å². The van der Waals surface area contributed by atoms with Crippen LogP contribution in [0.4, 0.5) is 5.69 Å². The topological polar surface area (TPSA) is 122 Å². The van der Waals surface area contributed by atoms with E-state index >= 15 is 0 Å². The molecule has 4 aromatic rings. The van der Waals surface area contributed by atoms with Gasteiger partial charge in [0.1, 0.15) is 11.4 Å². The predicted molar refractivity (Wildman–Crippen MR) is 118 cm³/mol. The molecule has 1 fully saturated rings. The Bertz CT molecular complexity index is 1330. The number of carbonyl (C=O) groups is 1. The van der Waals surface area contributed by atoms with Crippen LogP contribution in [0.2, 0.25) is 0 Å². The maximum atomic E-state index is 13.1. The summed E-state index contributed by atoms with van der Waals surface area (Å²) >= 11 is 0. The second-order valence-corrected chi connectivity index (χ2v) is 7.99. The van der Waals surface area contributed by atoms with Crippen LogP contribution in [0.3, 0.4) is 0 Å². The summed E-state index contributed by atoms with van der Waals surface area (Å²) in [5, 5.41) is 26.9. The lowest BCUT2D eigenvalue weighted by atomic mass is 9.86. The number of nitrogens with zero attached hydrogens (tertiary/aromatic N) is 5. The Morgan fingerprint density at radius 2 is 2.16 bits per heavy atom. The van der Waals surface area contributed by atoms with Crippen molar-refractivity contribution in [3.05, 3.63) is 53.7 Å². The molecule has 9 heteroatoms. The summed E-state index contributed by atoms with van der Waals surface area (Å²) in [7, 11) is 1.85. The Hall–Kier alpha value is -4.19. The molecule has 0 atom stereocenters. The number of aryl methyl sites for hydroxylation is 1. The van der Waals surface area contributed by atoms with Crippen LogP contribution in [0.15, 0.2) is 42.5 Å². The van der Waals surface area contributed by atoms with E-state index in [0.29, 0.717) is 34.3 Å². The van der Waals surface area contributed by atoms with Gasteiger partial charge in [-0.15, -0.1) is 5.10 Å². The van der Waals surface area contributed by atoms with Crippen molar-refractivity contribution in [1.29, 1.82) is 5.26 Å². The number of tetrazole rings is 1. The van der Waals surface area contributed by atoms with Gasteiger partial charge < -0.3 is 14.6 Å². The average Bonchev–Trinajstić information content (AvgIpc) is 3.41. The molecule has 1 amide bonds. The van der Waals surface area contributed by atoms with Gasteiger partial charge in [0.25, 0.3) is 5.91 Å². The van der Waals surface area contributed by atoms with E-state index in [1.807, 2.05) is 35.9 Å². The smallest absolute Gasteiger partial charge is 0.272 e. The first kappa shape index (κ1) is 19.8. The van der Waals surface area contributed by atoms with Gasteiger partial charge in [0.2, 0.25) is 0 Å². The monoisotopic (exact) mass is 427 g/mol. The van der Waals surface area contributed by atoms with Crippen LogP contribution in [0.5, 0.6) is 5.75 Å². The molecule has 0 saturated heterocycles. The molecule has 2 heterocycles. The molecule has 5 rings (SSSR count). The second kappa shape index (κ2) is 8.15. The summed E-state index contributed by atoms with van der Waals surface area (Å²) in [5.74, 6) is 1.55. The zero-order valence-electron chi connectivity index (χ0n) is 17.5. The molecule has 0 bridgehead atoms. The van der Waals surface area contributed by atoms with Crippen LogP contribution < -0.4 is 10.1 Å². The molecule has 2 N–H and O–H groups in total. The van der Waals surface area contributed by atoms with Crippen molar-refractivity contribution in [3.8, 4) is 23.2 Å². The molecule has 160 valence electrons. The highest BCUT2D eigenvalue weighted by Gasteiger charge is 2.19. The average molecular weight is 427 g/mol. The van der Waals surface area contributed by atoms with E-state index in [4.69, 9.17) is 4.74 Å². The third-order valence-electron chi connectivity index (χ3n) is 5.96. The molecule has 0 unspecified atom stereocenters. The number of nitrogens with one attached hydrogen (secondary N) is 2. The van der Waals surface area contributed by atoms with Crippen molar-refractivity contribution in [1.82, 2.24) is 25.2 Å². The van der Waals surface area contributed by atoms with Crippen LogP contribution in [0.25, 0.3) is 22.3 Å². The van der Waals surface area contributed by atoms with E-state index in [1.54, 1.807) is 18.2 Å². The normalized spacial score (nSPS) is 13.5. The largest absolute Gasteiger partial charge is 0.493 e. The number of benzene rings is 2. The standard InChI is InChI=1S/C23H21N7O2/c1-30-20-11-17(32-13-14-3-2-4-14)7-6-16(20)10-21(30)23(31)25-19-8-5-15(12-24)9-18(19)22-26-28-29-27-22/h5-11,14H,2-4,13H2,1H3,(H,25,31)(H,26,27,28,29). The van der Waals surface area contributed by atoms with Gasteiger partial charge in [0.15, 0.2) is 5.82 Å². The number of nitriles is 1. The summed E-state index contributed by atoms with van der Waals surface area (Å²) in [6.07, 6.45) is 3.76. The van der Waals surface area contributed by atoms with Crippen LogP contribution in [0, 0.1) is 17.2 Å². The Morgan fingerprint density at radius 3 is 2.88 bits per heavy atom. The van der Waals surface area contributed by atoms with Crippen molar-refractivity contribution < 1.29 is 9.53 Å². The minimum absolute atomic E-state index is 0.279. The van der Waals surface area contributed by atoms with E-state index < -0.39 is 0 Å². The van der Waals surface area contributed by atoms with E-state index in [2.05, 4.69) is 32.0 Å². The lowest BCUT2D eigenvalue weighted by Crippen LogP contribution is -2.19. The summed E-state index contributed by atoms with van der Waals surface area (Å²) in [4.78, 5) is 13.1. The highest BCUT2D eigenvalue weighted by atomic mass is 16.5. The zero-order chi connectivity index (χ0) is 22.1. The fourth-order valence-electron chi connectivity index (χ4n) is 3.87. The first-order valence-corrected chi connectivity index (χ1v) is 10.4. The van der Waals surface area contributed by atoms with Crippen LogP contribution in [0.1, 0.15) is 35.3 Å². The second-order valence-electron chi connectivity index (χ2n) is 7.99. The lowest BCUT2D eigenvalue weighted by Gasteiger charge is -2.25. The lowest BCUT2D eigenvalue weighted by molar-refractivity contribution is 0.102. The Labute approximate surface area is 184 Å². The number of fused-ring (bicyclic) bond motifs is 1. The number of hydrogen-bond donors (Lipinski definition) is 2. The van der Waals surface area contributed by atoms with Crippen molar-refractivity contribution in [2.24, 2.45) is 13.0 Å². The third kappa shape index (κ3) is 3.67. The van der Waals surface area contributed by atoms with Crippen LogP contribution in [-0.2, 0) is 7.05 Å². The van der Waals surface area contributed by atoms with Gasteiger partial charge in [0.05, 0.1) is 29.4 Å². The third-order valence-corrected chi connectivity index (χ3v) is 5.96. The van der Waals surface area contributed by atoms with Crippen LogP contribution in [-0.4, -0.2) is 37.7 Å². The van der Waals surface area contributed by atoms with Gasteiger partial charge in [-0.05, 0) is 65.6 Å². The minimum atomic E-state index is -0.279. The Balaban J connectivity index is 1.41. The van der Waals surface area contributed by atoms with E-state index in [9.17, 15) is 10.1 Å². The molecule has 9 nitrogen and oxygen atoms in total. The van der Waals surface area contributed by atoms with E-state index in [0.717, 1.165) is 23.3 Å². The van der Waals surface area contributed by atoms with Gasteiger partial charge in [-0.1, -0.05) is 6.42 Å². The Morgan fingerprint density at radius 1 is 1.28 bits per heavy atom. The molecule has 0 spiro atoms. The highest BCUT2D eigenvalue weighted by molar-refractivity contribution is 6.08. The molecule has 1 aliphatic rings. The van der Waals surface area contributed by atoms with Gasteiger partial charge in [-0.3, -0.25) is 4.79 Å². The molecule has 2 aromatic heterocycles. The maximum Gasteiger partial charge on any atom is 0.272 e. The number of ether oxygens (including phenoxy) is 1. The maximum absolute atomic E-state index is 13.1.